The van der Waals surface area contributed by atoms with E-state index < -0.39 is 0 Å². The molecule has 0 radical (unpaired) electrons. The Morgan fingerprint density at radius 2 is 2.28 bits per heavy atom. The Morgan fingerprint density at radius 1 is 1.56 bits per heavy atom. The van der Waals surface area contributed by atoms with Gasteiger partial charge in [0.1, 0.15) is 5.82 Å². The SMILES string of the molecule is Cc1nsc(NC(=O)C2CC(=O)N(C(C)C)C2)n1. The highest BCUT2D eigenvalue weighted by Gasteiger charge is 2.35. The van der Waals surface area contributed by atoms with Crippen molar-refractivity contribution < 1.29 is 9.59 Å². The van der Waals surface area contributed by atoms with Crippen molar-refractivity contribution in [1.29, 1.82) is 0 Å². The summed E-state index contributed by atoms with van der Waals surface area (Å²) in [5.41, 5.74) is 0. The average molecular weight is 268 g/mol. The molecule has 2 rings (SSSR count). The quantitative estimate of drug-likeness (QED) is 0.889. The van der Waals surface area contributed by atoms with Gasteiger partial charge in [0, 0.05) is 30.5 Å². The molecule has 2 amide bonds. The highest BCUT2D eigenvalue weighted by atomic mass is 32.1. The molecule has 2 heterocycles. The zero-order valence-electron chi connectivity index (χ0n) is 10.6. The molecule has 0 aromatic carbocycles. The van der Waals surface area contributed by atoms with E-state index in [2.05, 4.69) is 14.7 Å². The molecule has 1 saturated heterocycles. The molecule has 1 aliphatic heterocycles. The van der Waals surface area contributed by atoms with Gasteiger partial charge in [0.25, 0.3) is 0 Å². The van der Waals surface area contributed by atoms with Crippen molar-refractivity contribution in [2.75, 3.05) is 11.9 Å². The number of nitrogens with one attached hydrogen (secondary N) is 1. The van der Waals surface area contributed by atoms with E-state index in [0.29, 0.717) is 17.5 Å². The van der Waals surface area contributed by atoms with Crippen LogP contribution in [-0.4, -0.2) is 38.7 Å². The summed E-state index contributed by atoms with van der Waals surface area (Å²) in [5.74, 6) is 0.243. The second-order valence-electron chi connectivity index (χ2n) is 4.68. The Morgan fingerprint density at radius 3 is 2.78 bits per heavy atom. The fourth-order valence-corrected chi connectivity index (χ4v) is 2.54. The maximum absolute atomic E-state index is 12.0. The van der Waals surface area contributed by atoms with E-state index in [4.69, 9.17) is 0 Å². The molecule has 1 aliphatic rings. The largest absolute Gasteiger partial charge is 0.339 e. The van der Waals surface area contributed by atoms with Crippen molar-refractivity contribution in [3.63, 3.8) is 0 Å². The van der Waals surface area contributed by atoms with Crippen molar-refractivity contribution in [3.05, 3.63) is 5.82 Å². The molecule has 0 aliphatic carbocycles. The zero-order valence-corrected chi connectivity index (χ0v) is 11.5. The Kier molecular flexibility index (Phi) is 3.60. The van der Waals surface area contributed by atoms with E-state index in [0.717, 1.165) is 11.5 Å². The highest BCUT2D eigenvalue weighted by Crippen LogP contribution is 2.22. The van der Waals surface area contributed by atoms with Crippen LogP contribution in [-0.2, 0) is 9.59 Å². The van der Waals surface area contributed by atoms with E-state index in [1.165, 1.54) is 0 Å². The lowest BCUT2D eigenvalue weighted by atomic mass is 10.1. The van der Waals surface area contributed by atoms with E-state index in [9.17, 15) is 9.59 Å². The smallest absolute Gasteiger partial charge is 0.231 e. The summed E-state index contributed by atoms with van der Waals surface area (Å²) in [6.45, 7) is 6.16. The number of rotatable bonds is 3. The van der Waals surface area contributed by atoms with Crippen LogP contribution in [0.3, 0.4) is 0 Å². The van der Waals surface area contributed by atoms with Gasteiger partial charge in [-0.05, 0) is 20.8 Å². The van der Waals surface area contributed by atoms with E-state index in [1.54, 1.807) is 11.8 Å². The molecule has 1 aromatic heterocycles. The zero-order chi connectivity index (χ0) is 13.3. The summed E-state index contributed by atoms with van der Waals surface area (Å²) in [6, 6.07) is 0.138. The molecule has 0 saturated carbocycles. The van der Waals surface area contributed by atoms with Gasteiger partial charge in [-0.1, -0.05) is 0 Å². The maximum atomic E-state index is 12.0. The lowest BCUT2D eigenvalue weighted by Crippen LogP contribution is -2.33. The second kappa shape index (κ2) is 5.01. The number of anilines is 1. The third-order valence-electron chi connectivity index (χ3n) is 2.91. The predicted octanol–water partition coefficient (Wildman–Crippen LogP) is 1.04. The average Bonchev–Trinajstić information content (AvgIpc) is 2.85. The van der Waals surface area contributed by atoms with Gasteiger partial charge in [0.2, 0.25) is 16.9 Å². The Hall–Kier alpha value is -1.50. The molecule has 1 aromatic rings. The van der Waals surface area contributed by atoms with E-state index in [-0.39, 0.29) is 30.2 Å². The molecule has 1 unspecified atom stereocenters. The topological polar surface area (TPSA) is 75.2 Å². The molecule has 1 N–H and O–H groups in total. The summed E-state index contributed by atoms with van der Waals surface area (Å²) in [6.07, 6.45) is 0.280. The van der Waals surface area contributed by atoms with Gasteiger partial charge in [-0.25, -0.2) is 4.98 Å². The van der Waals surface area contributed by atoms with Crippen molar-refractivity contribution in [2.45, 2.75) is 33.2 Å². The molecule has 98 valence electrons. The van der Waals surface area contributed by atoms with Crippen molar-refractivity contribution in [2.24, 2.45) is 5.92 Å². The number of carbonyl (C=O) groups excluding carboxylic acids is 2. The third kappa shape index (κ3) is 2.66. The van der Waals surface area contributed by atoms with Crippen LogP contribution in [0.25, 0.3) is 0 Å². The summed E-state index contributed by atoms with van der Waals surface area (Å²) in [7, 11) is 0. The van der Waals surface area contributed by atoms with Crippen molar-refractivity contribution in [1.82, 2.24) is 14.3 Å². The van der Waals surface area contributed by atoms with Gasteiger partial charge in [0.15, 0.2) is 0 Å². The van der Waals surface area contributed by atoms with Crippen LogP contribution in [0.1, 0.15) is 26.1 Å². The first kappa shape index (κ1) is 12.9. The Labute approximate surface area is 110 Å². The first-order valence-electron chi connectivity index (χ1n) is 5.88. The summed E-state index contributed by atoms with van der Waals surface area (Å²) < 4.78 is 3.99. The highest BCUT2D eigenvalue weighted by molar-refractivity contribution is 7.09. The number of amides is 2. The molecule has 1 fully saturated rings. The van der Waals surface area contributed by atoms with Gasteiger partial charge in [0.05, 0.1) is 5.92 Å². The summed E-state index contributed by atoms with van der Waals surface area (Å²) >= 11 is 1.15. The van der Waals surface area contributed by atoms with E-state index >= 15 is 0 Å². The number of aromatic nitrogens is 2. The minimum absolute atomic E-state index is 0.0404. The molecule has 18 heavy (non-hydrogen) atoms. The van der Waals surface area contributed by atoms with Gasteiger partial charge in [-0.3, -0.25) is 9.59 Å². The number of likely N-dealkylation sites (tertiary alicyclic amines) is 1. The van der Waals surface area contributed by atoms with Crippen LogP contribution in [0.15, 0.2) is 0 Å². The fraction of sp³-hybridized carbons (Fsp3) is 0.636. The summed E-state index contributed by atoms with van der Waals surface area (Å²) in [4.78, 5) is 29.5. The molecule has 0 spiro atoms. The van der Waals surface area contributed by atoms with Crippen molar-refractivity contribution >= 4 is 28.5 Å². The third-order valence-corrected chi connectivity index (χ3v) is 3.63. The van der Waals surface area contributed by atoms with Crippen LogP contribution in [0.5, 0.6) is 0 Å². The normalized spacial score (nSPS) is 19.7. The fourth-order valence-electron chi connectivity index (χ4n) is 1.96. The number of aryl methyl sites for hydroxylation is 1. The lowest BCUT2D eigenvalue weighted by Gasteiger charge is -2.20. The minimum atomic E-state index is -0.288. The summed E-state index contributed by atoms with van der Waals surface area (Å²) in [5, 5.41) is 3.21. The molecular weight excluding hydrogens is 252 g/mol. The maximum Gasteiger partial charge on any atom is 0.231 e. The first-order valence-corrected chi connectivity index (χ1v) is 6.65. The molecule has 0 bridgehead atoms. The first-order chi connectivity index (χ1) is 8.47. The number of nitrogens with zero attached hydrogens (tertiary/aromatic N) is 3. The van der Waals surface area contributed by atoms with Crippen LogP contribution >= 0.6 is 11.5 Å². The molecular formula is C11H16N4O2S. The standard InChI is InChI=1S/C11H16N4O2S/c1-6(2)15-5-8(4-9(15)16)10(17)13-11-12-7(3)14-18-11/h6,8H,4-5H2,1-3H3,(H,12,13,14,17). The van der Waals surface area contributed by atoms with Crippen LogP contribution in [0.4, 0.5) is 5.13 Å². The van der Waals surface area contributed by atoms with Crippen LogP contribution in [0.2, 0.25) is 0 Å². The molecule has 6 nitrogen and oxygen atoms in total. The predicted molar refractivity (Wildman–Crippen MR) is 68.2 cm³/mol. The Bertz CT molecular complexity index is 471. The molecule has 1 atom stereocenters. The lowest BCUT2D eigenvalue weighted by molar-refractivity contribution is -0.129. The van der Waals surface area contributed by atoms with Gasteiger partial charge in [-0.2, -0.15) is 4.37 Å². The molecule has 7 heteroatoms. The number of hydrogen-bond acceptors (Lipinski definition) is 5. The van der Waals surface area contributed by atoms with Crippen molar-refractivity contribution in [3.8, 4) is 0 Å². The van der Waals surface area contributed by atoms with E-state index in [1.807, 2.05) is 13.8 Å². The number of carbonyl (C=O) groups is 2. The van der Waals surface area contributed by atoms with Gasteiger partial charge >= 0.3 is 0 Å². The van der Waals surface area contributed by atoms with Gasteiger partial charge in [-0.15, -0.1) is 0 Å². The minimum Gasteiger partial charge on any atom is -0.339 e. The number of hydrogen-bond donors (Lipinski definition) is 1. The Balaban J connectivity index is 1.97. The second-order valence-corrected chi connectivity index (χ2v) is 5.43. The van der Waals surface area contributed by atoms with Crippen LogP contribution in [0, 0.1) is 12.8 Å². The van der Waals surface area contributed by atoms with Crippen LogP contribution < -0.4 is 5.32 Å². The monoisotopic (exact) mass is 268 g/mol. The van der Waals surface area contributed by atoms with Gasteiger partial charge < -0.3 is 10.2 Å².